The summed E-state index contributed by atoms with van der Waals surface area (Å²) in [5.74, 6) is 0.994. The highest BCUT2D eigenvalue weighted by atomic mass is 32.2. The first-order valence-corrected chi connectivity index (χ1v) is 7.69. The first-order chi connectivity index (χ1) is 9.76. The van der Waals surface area contributed by atoms with Crippen LogP contribution in [0.15, 0.2) is 35.6 Å². The fourth-order valence-electron chi connectivity index (χ4n) is 1.92. The van der Waals surface area contributed by atoms with Crippen molar-refractivity contribution in [2.45, 2.75) is 31.7 Å². The third-order valence-corrected chi connectivity index (χ3v) is 4.00. The second-order valence-corrected chi connectivity index (χ2v) is 5.63. The molecular weight excluding hydrogens is 266 g/mol. The Morgan fingerprint density at radius 3 is 2.90 bits per heavy atom. The van der Waals surface area contributed by atoms with Crippen LogP contribution in [0.5, 0.6) is 0 Å². The van der Waals surface area contributed by atoms with Crippen LogP contribution in [0.4, 0.5) is 0 Å². The Kier molecular flexibility index (Phi) is 5.14. The maximum Gasteiger partial charge on any atom is 0.115 e. The number of unbranched alkanes of at least 4 members (excludes halogenated alkanes) is 1. The largest absolute Gasteiger partial charge is 0.264 e. The molecule has 3 nitrogen and oxygen atoms in total. The SMILES string of the molecule is CCCCSc1nc(C)cc(-c2cccnc2)c1C#N. The van der Waals surface area contributed by atoms with Crippen LogP contribution in [0.3, 0.4) is 0 Å². The molecule has 2 rings (SSSR count). The summed E-state index contributed by atoms with van der Waals surface area (Å²) < 4.78 is 0. The van der Waals surface area contributed by atoms with Crippen molar-refractivity contribution in [1.29, 1.82) is 5.26 Å². The van der Waals surface area contributed by atoms with E-state index in [4.69, 9.17) is 0 Å². The van der Waals surface area contributed by atoms with E-state index in [1.807, 2.05) is 25.1 Å². The van der Waals surface area contributed by atoms with Crippen molar-refractivity contribution in [3.8, 4) is 17.2 Å². The van der Waals surface area contributed by atoms with Crippen LogP contribution in [-0.4, -0.2) is 15.7 Å². The van der Waals surface area contributed by atoms with Gasteiger partial charge in [0.05, 0.1) is 5.56 Å². The predicted molar refractivity (Wildman–Crippen MR) is 82.6 cm³/mol. The molecule has 0 atom stereocenters. The van der Waals surface area contributed by atoms with E-state index >= 15 is 0 Å². The summed E-state index contributed by atoms with van der Waals surface area (Å²) in [5.41, 5.74) is 3.48. The van der Waals surface area contributed by atoms with Gasteiger partial charge in [0.25, 0.3) is 0 Å². The molecule has 0 aliphatic carbocycles. The lowest BCUT2D eigenvalue weighted by Gasteiger charge is -2.10. The minimum atomic E-state index is 0.657. The van der Waals surface area contributed by atoms with E-state index in [0.29, 0.717) is 5.56 Å². The molecule has 2 aromatic heterocycles. The molecule has 0 spiro atoms. The van der Waals surface area contributed by atoms with Crippen LogP contribution in [0.25, 0.3) is 11.1 Å². The minimum Gasteiger partial charge on any atom is -0.264 e. The topological polar surface area (TPSA) is 49.6 Å². The van der Waals surface area contributed by atoms with Gasteiger partial charge in [0.1, 0.15) is 11.1 Å². The van der Waals surface area contributed by atoms with E-state index in [-0.39, 0.29) is 0 Å². The maximum absolute atomic E-state index is 9.48. The molecule has 0 N–H and O–H groups in total. The average Bonchev–Trinajstić information content (AvgIpc) is 2.48. The molecule has 0 fully saturated rings. The van der Waals surface area contributed by atoms with Gasteiger partial charge in [0.15, 0.2) is 0 Å². The van der Waals surface area contributed by atoms with E-state index in [1.54, 1.807) is 24.2 Å². The first-order valence-electron chi connectivity index (χ1n) is 6.71. The fourth-order valence-corrected chi connectivity index (χ4v) is 3.05. The lowest BCUT2D eigenvalue weighted by Crippen LogP contribution is -1.96. The number of hydrogen-bond acceptors (Lipinski definition) is 4. The average molecular weight is 283 g/mol. The van der Waals surface area contributed by atoms with Crippen LogP contribution in [-0.2, 0) is 0 Å². The summed E-state index contributed by atoms with van der Waals surface area (Å²) in [5, 5.41) is 10.3. The van der Waals surface area contributed by atoms with Crippen molar-refractivity contribution in [2.75, 3.05) is 5.75 Å². The molecule has 20 heavy (non-hydrogen) atoms. The number of pyridine rings is 2. The Balaban J connectivity index is 2.44. The van der Waals surface area contributed by atoms with E-state index in [1.165, 1.54) is 0 Å². The molecule has 0 radical (unpaired) electrons. The zero-order valence-electron chi connectivity index (χ0n) is 11.8. The number of nitriles is 1. The van der Waals surface area contributed by atoms with Crippen molar-refractivity contribution in [3.05, 3.63) is 41.9 Å². The quantitative estimate of drug-likeness (QED) is 0.609. The Morgan fingerprint density at radius 2 is 2.25 bits per heavy atom. The monoisotopic (exact) mass is 283 g/mol. The summed E-state index contributed by atoms with van der Waals surface area (Å²) in [6.45, 7) is 4.13. The van der Waals surface area contributed by atoms with E-state index in [0.717, 1.165) is 40.4 Å². The lowest BCUT2D eigenvalue weighted by atomic mass is 10.0. The molecule has 102 valence electrons. The Hall–Kier alpha value is -1.86. The highest BCUT2D eigenvalue weighted by Crippen LogP contribution is 2.30. The van der Waals surface area contributed by atoms with Crippen LogP contribution in [0.2, 0.25) is 0 Å². The van der Waals surface area contributed by atoms with Gasteiger partial charge in [-0.15, -0.1) is 11.8 Å². The number of nitrogens with zero attached hydrogens (tertiary/aromatic N) is 3. The molecule has 0 aromatic carbocycles. The molecule has 0 saturated heterocycles. The highest BCUT2D eigenvalue weighted by Gasteiger charge is 2.13. The van der Waals surface area contributed by atoms with Crippen molar-refractivity contribution >= 4 is 11.8 Å². The summed E-state index contributed by atoms with van der Waals surface area (Å²) in [7, 11) is 0. The van der Waals surface area contributed by atoms with E-state index in [2.05, 4.69) is 23.0 Å². The van der Waals surface area contributed by atoms with Gasteiger partial charge in [-0.25, -0.2) is 4.98 Å². The zero-order chi connectivity index (χ0) is 14.4. The summed E-state index contributed by atoms with van der Waals surface area (Å²) in [4.78, 5) is 8.66. The summed E-state index contributed by atoms with van der Waals surface area (Å²) in [6, 6.07) is 8.12. The standard InChI is InChI=1S/C16H17N3S/c1-3-4-8-20-16-15(10-17)14(9-12(2)19-16)13-6-5-7-18-11-13/h5-7,9,11H,3-4,8H2,1-2H3. The van der Waals surface area contributed by atoms with Crippen molar-refractivity contribution in [1.82, 2.24) is 9.97 Å². The fraction of sp³-hybridized carbons (Fsp3) is 0.312. The van der Waals surface area contributed by atoms with Crippen LogP contribution in [0.1, 0.15) is 31.0 Å². The van der Waals surface area contributed by atoms with Crippen LogP contribution in [0, 0.1) is 18.3 Å². The van der Waals surface area contributed by atoms with Crippen LogP contribution < -0.4 is 0 Å². The molecule has 0 aliphatic heterocycles. The second kappa shape index (κ2) is 7.06. The number of aromatic nitrogens is 2. The normalized spacial score (nSPS) is 10.2. The molecule has 0 saturated carbocycles. The predicted octanol–water partition coefficient (Wildman–Crippen LogP) is 4.22. The number of thioether (sulfide) groups is 1. The van der Waals surface area contributed by atoms with Crippen molar-refractivity contribution < 1.29 is 0 Å². The lowest BCUT2D eigenvalue weighted by molar-refractivity contribution is 0.893. The van der Waals surface area contributed by atoms with Gasteiger partial charge >= 0.3 is 0 Å². The molecule has 2 aromatic rings. The van der Waals surface area contributed by atoms with E-state index in [9.17, 15) is 5.26 Å². The smallest absolute Gasteiger partial charge is 0.115 e. The van der Waals surface area contributed by atoms with Gasteiger partial charge in [0.2, 0.25) is 0 Å². The molecular formula is C16H17N3S. The zero-order valence-corrected chi connectivity index (χ0v) is 12.6. The summed E-state index contributed by atoms with van der Waals surface area (Å²) >= 11 is 1.67. The molecule has 2 heterocycles. The minimum absolute atomic E-state index is 0.657. The Labute approximate surface area is 124 Å². The van der Waals surface area contributed by atoms with Crippen molar-refractivity contribution in [2.24, 2.45) is 0 Å². The number of rotatable bonds is 5. The Morgan fingerprint density at radius 1 is 1.40 bits per heavy atom. The van der Waals surface area contributed by atoms with Gasteiger partial charge < -0.3 is 0 Å². The number of aryl methyl sites for hydroxylation is 1. The molecule has 0 unspecified atom stereocenters. The van der Waals surface area contributed by atoms with Gasteiger partial charge in [-0.1, -0.05) is 19.4 Å². The third kappa shape index (κ3) is 3.37. The first kappa shape index (κ1) is 14.5. The Bertz CT molecular complexity index is 618. The van der Waals surface area contributed by atoms with Gasteiger partial charge in [-0.2, -0.15) is 5.26 Å². The van der Waals surface area contributed by atoms with Crippen LogP contribution >= 0.6 is 11.8 Å². The molecule has 0 aliphatic rings. The van der Waals surface area contributed by atoms with Gasteiger partial charge in [0, 0.05) is 29.2 Å². The second-order valence-electron chi connectivity index (χ2n) is 4.55. The van der Waals surface area contributed by atoms with Gasteiger partial charge in [-0.3, -0.25) is 4.98 Å². The third-order valence-electron chi connectivity index (χ3n) is 2.94. The summed E-state index contributed by atoms with van der Waals surface area (Å²) in [6.07, 6.45) is 5.81. The molecule has 0 amide bonds. The van der Waals surface area contributed by atoms with Gasteiger partial charge in [-0.05, 0) is 31.2 Å². The maximum atomic E-state index is 9.48. The van der Waals surface area contributed by atoms with Crippen molar-refractivity contribution in [3.63, 3.8) is 0 Å². The highest BCUT2D eigenvalue weighted by molar-refractivity contribution is 7.99. The van der Waals surface area contributed by atoms with E-state index < -0.39 is 0 Å². The number of hydrogen-bond donors (Lipinski definition) is 0. The molecule has 0 bridgehead atoms. The molecule has 4 heteroatoms.